The number of nitrogens with zero attached hydrogens (tertiary/aromatic N) is 3. The molecule has 2 heterocycles. The van der Waals surface area contributed by atoms with Crippen LogP contribution in [-0.4, -0.2) is 32.8 Å². The summed E-state index contributed by atoms with van der Waals surface area (Å²) in [5.41, 5.74) is 2.02. The number of aromatic carboxylic acids is 1. The van der Waals surface area contributed by atoms with Crippen molar-refractivity contribution in [3.05, 3.63) is 29.6 Å². The molecule has 1 aromatic heterocycles. The van der Waals surface area contributed by atoms with Crippen molar-refractivity contribution in [2.24, 2.45) is 0 Å². The quantitative estimate of drug-likeness (QED) is 0.922. The van der Waals surface area contributed by atoms with Gasteiger partial charge in [-0.15, -0.1) is 0 Å². The molecule has 3 rings (SSSR count). The molecular weight excluding hydrogens is 266 g/mol. The van der Waals surface area contributed by atoms with Gasteiger partial charge in [-0.1, -0.05) is 0 Å². The second-order valence-electron chi connectivity index (χ2n) is 5.99. The Labute approximate surface area is 124 Å². The van der Waals surface area contributed by atoms with Gasteiger partial charge in [0.1, 0.15) is 5.82 Å². The Hall–Kier alpha value is -2.04. The topological polar surface area (TPSA) is 58.4 Å². The van der Waals surface area contributed by atoms with Crippen molar-refractivity contribution in [2.75, 3.05) is 5.01 Å². The maximum absolute atomic E-state index is 11.1. The van der Waals surface area contributed by atoms with E-state index in [2.05, 4.69) is 28.5 Å². The van der Waals surface area contributed by atoms with Gasteiger partial charge in [-0.2, -0.15) is 0 Å². The zero-order valence-electron chi connectivity index (χ0n) is 12.7. The number of carboxylic acid groups (broad SMARTS) is 1. The molecule has 0 radical (unpaired) electrons. The summed E-state index contributed by atoms with van der Waals surface area (Å²) >= 11 is 0. The maximum atomic E-state index is 11.1. The van der Waals surface area contributed by atoms with Crippen LogP contribution in [-0.2, 0) is 0 Å². The van der Waals surface area contributed by atoms with Crippen molar-refractivity contribution in [1.82, 2.24) is 9.66 Å². The fourth-order valence-electron chi connectivity index (χ4n) is 3.41. The van der Waals surface area contributed by atoms with Crippen LogP contribution in [0.3, 0.4) is 0 Å². The first-order valence-electron chi connectivity index (χ1n) is 7.50. The SMILES string of the molecule is Cc1nc2cc(C(=O)O)ccc2n1N1C(C)CCCC1C. The third-order valence-electron chi connectivity index (χ3n) is 4.42. The fourth-order valence-corrected chi connectivity index (χ4v) is 3.41. The normalized spacial score (nSPS) is 22.7. The molecule has 1 aliphatic rings. The van der Waals surface area contributed by atoms with Crippen LogP contribution in [0.25, 0.3) is 11.0 Å². The van der Waals surface area contributed by atoms with Crippen molar-refractivity contribution >= 4 is 17.0 Å². The number of piperidine rings is 1. The van der Waals surface area contributed by atoms with E-state index in [1.807, 2.05) is 13.0 Å². The summed E-state index contributed by atoms with van der Waals surface area (Å²) in [6.45, 7) is 6.47. The molecule has 1 fully saturated rings. The number of benzene rings is 1. The van der Waals surface area contributed by atoms with E-state index in [0.717, 1.165) is 16.9 Å². The van der Waals surface area contributed by atoms with Gasteiger partial charge >= 0.3 is 5.97 Å². The van der Waals surface area contributed by atoms with E-state index in [1.165, 1.54) is 19.3 Å². The third-order valence-corrected chi connectivity index (χ3v) is 4.42. The average molecular weight is 287 g/mol. The van der Waals surface area contributed by atoms with Gasteiger partial charge in [0.2, 0.25) is 0 Å². The average Bonchev–Trinajstić information content (AvgIpc) is 2.74. The number of hydrogen-bond acceptors (Lipinski definition) is 3. The van der Waals surface area contributed by atoms with Crippen molar-refractivity contribution in [3.8, 4) is 0 Å². The summed E-state index contributed by atoms with van der Waals surface area (Å²) in [4.78, 5) is 15.7. The molecule has 112 valence electrons. The lowest BCUT2D eigenvalue weighted by Gasteiger charge is -2.42. The third kappa shape index (κ3) is 2.26. The van der Waals surface area contributed by atoms with Gasteiger partial charge in [-0.3, -0.25) is 0 Å². The zero-order valence-corrected chi connectivity index (χ0v) is 12.7. The maximum Gasteiger partial charge on any atom is 0.335 e. The highest BCUT2D eigenvalue weighted by molar-refractivity contribution is 5.92. The van der Waals surface area contributed by atoms with Gasteiger partial charge in [-0.25, -0.2) is 14.5 Å². The minimum Gasteiger partial charge on any atom is -0.478 e. The molecule has 1 N–H and O–H groups in total. The van der Waals surface area contributed by atoms with Crippen LogP contribution in [0, 0.1) is 6.92 Å². The second kappa shape index (κ2) is 5.06. The Morgan fingerprint density at radius 2 is 1.95 bits per heavy atom. The Kier molecular flexibility index (Phi) is 3.35. The van der Waals surface area contributed by atoms with Gasteiger partial charge in [-0.05, 0) is 58.2 Å². The highest BCUT2D eigenvalue weighted by atomic mass is 16.4. The van der Waals surface area contributed by atoms with Crippen molar-refractivity contribution in [3.63, 3.8) is 0 Å². The van der Waals surface area contributed by atoms with Crippen molar-refractivity contribution < 1.29 is 9.90 Å². The minimum absolute atomic E-state index is 0.284. The summed E-state index contributed by atoms with van der Waals surface area (Å²) < 4.78 is 2.16. The minimum atomic E-state index is -0.913. The molecule has 0 saturated carbocycles. The lowest BCUT2D eigenvalue weighted by atomic mass is 10.00. The van der Waals surface area contributed by atoms with Crippen LogP contribution in [0.2, 0.25) is 0 Å². The van der Waals surface area contributed by atoms with Crippen LogP contribution in [0.5, 0.6) is 0 Å². The van der Waals surface area contributed by atoms with Crippen molar-refractivity contribution in [1.29, 1.82) is 0 Å². The number of aryl methyl sites for hydroxylation is 1. The number of rotatable bonds is 2. The highest BCUT2D eigenvalue weighted by Crippen LogP contribution is 2.26. The Bertz CT molecular complexity index is 682. The molecule has 0 bridgehead atoms. The van der Waals surface area contributed by atoms with Crippen LogP contribution < -0.4 is 5.01 Å². The largest absolute Gasteiger partial charge is 0.478 e. The van der Waals surface area contributed by atoms with Gasteiger partial charge in [0.15, 0.2) is 0 Å². The summed E-state index contributed by atoms with van der Waals surface area (Å²) in [6.07, 6.45) is 3.61. The van der Waals surface area contributed by atoms with Crippen LogP contribution in [0.1, 0.15) is 49.3 Å². The first kappa shape index (κ1) is 13.9. The van der Waals surface area contributed by atoms with E-state index in [0.29, 0.717) is 12.1 Å². The Morgan fingerprint density at radius 1 is 1.29 bits per heavy atom. The summed E-state index contributed by atoms with van der Waals surface area (Å²) in [7, 11) is 0. The number of aromatic nitrogens is 2. The van der Waals surface area contributed by atoms with E-state index in [1.54, 1.807) is 12.1 Å². The molecule has 0 amide bonds. The molecular formula is C16H21N3O2. The fraction of sp³-hybridized carbons (Fsp3) is 0.500. The molecule has 1 saturated heterocycles. The van der Waals surface area contributed by atoms with E-state index >= 15 is 0 Å². The van der Waals surface area contributed by atoms with Gasteiger partial charge < -0.3 is 10.1 Å². The molecule has 21 heavy (non-hydrogen) atoms. The van der Waals surface area contributed by atoms with E-state index in [4.69, 9.17) is 5.11 Å². The van der Waals surface area contributed by atoms with Crippen molar-refractivity contribution in [2.45, 2.75) is 52.1 Å². The summed E-state index contributed by atoms with van der Waals surface area (Å²) in [5.74, 6) is -0.00282. The van der Waals surface area contributed by atoms with Crippen LogP contribution >= 0.6 is 0 Å². The van der Waals surface area contributed by atoms with Gasteiger partial charge in [0.05, 0.1) is 16.6 Å². The lowest BCUT2D eigenvalue weighted by Crippen LogP contribution is -2.51. The molecule has 2 aromatic rings. The molecule has 1 aromatic carbocycles. The molecule has 0 aliphatic carbocycles. The summed E-state index contributed by atoms with van der Waals surface area (Å²) in [5, 5.41) is 11.5. The number of carboxylic acids is 1. The number of hydrogen-bond donors (Lipinski definition) is 1. The molecule has 5 heteroatoms. The molecule has 5 nitrogen and oxygen atoms in total. The highest BCUT2D eigenvalue weighted by Gasteiger charge is 2.27. The van der Waals surface area contributed by atoms with Crippen LogP contribution in [0.4, 0.5) is 0 Å². The number of fused-ring (bicyclic) bond motifs is 1. The second-order valence-corrected chi connectivity index (χ2v) is 5.99. The summed E-state index contributed by atoms with van der Waals surface area (Å²) in [6, 6.07) is 6.10. The van der Waals surface area contributed by atoms with E-state index in [-0.39, 0.29) is 5.56 Å². The predicted molar refractivity (Wildman–Crippen MR) is 82.4 cm³/mol. The monoisotopic (exact) mass is 287 g/mol. The van der Waals surface area contributed by atoms with Gasteiger partial charge in [0.25, 0.3) is 0 Å². The molecule has 0 spiro atoms. The molecule has 2 unspecified atom stereocenters. The number of imidazole rings is 1. The molecule has 1 aliphatic heterocycles. The van der Waals surface area contributed by atoms with Gasteiger partial charge in [0, 0.05) is 12.1 Å². The smallest absolute Gasteiger partial charge is 0.335 e. The lowest BCUT2D eigenvalue weighted by molar-refractivity contribution is 0.0697. The zero-order chi connectivity index (χ0) is 15.1. The first-order valence-corrected chi connectivity index (χ1v) is 7.50. The van der Waals surface area contributed by atoms with E-state index in [9.17, 15) is 4.79 Å². The Balaban J connectivity index is 2.14. The number of carbonyl (C=O) groups is 1. The Morgan fingerprint density at radius 3 is 2.57 bits per heavy atom. The predicted octanol–water partition coefficient (Wildman–Crippen LogP) is 2.94. The van der Waals surface area contributed by atoms with Crippen LogP contribution in [0.15, 0.2) is 18.2 Å². The first-order chi connectivity index (χ1) is 9.99. The standard InChI is InChI=1S/C16H21N3O2/c1-10-5-4-6-11(2)18(10)19-12(3)17-14-9-13(16(20)21)7-8-15(14)19/h7-11H,4-6H2,1-3H3,(H,20,21). The van der Waals surface area contributed by atoms with E-state index < -0.39 is 5.97 Å². The molecule has 2 atom stereocenters.